The number of hydrogen-bond donors (Lipinski definition) is 1. The zero-order valence-corrected chi connectivity index (χ0v) is 9.54. The van der Waals surface area contributed by atoms with Crippen LogP contribution in [0.25, 0.3) is 0 Å². The molecule has 0 spiro atoms. The highest BCUT2D eigenvalue weighted by atomic mass is 79.9. The van der Waals surface area contributed by atoms with E-state index in [1.54, 1.807) is 12.1 Å². The van der Waals surface area contributed by atoms with Crippen LogP contribution in [-0.2, 0) is 4.79 Å². The van der Waals surface area contributed by atoms with Crippen molar-refractivity contribution in [2.24, 2.45) is 0 Å². The van der Waals surface area contributed by atoms with E-state index in [2.05, 4.69) is 20.9 Å². The van der Waals surface area contributed by atoms with Crippen LogP contribution >= 0.6 is 27.5 Å². The molecule has 14 heavy (non-hydrogen) atoms. The summed E-state index contributed by atoms with van der Waals surface area (Å²) in [5.41, 5.74) is 0. The molecule has 0 saturated heterocycles. The van der Waals surface area contributed by atoms with E-state index in [-0.39, 0.29) is 10.9 Å². The summed E-state index contributed by atoms with van der Waals surface area (Å²) >= 11 is 8.84. The van der Waals surface area contributed by atoms with E-state index in [0.29, 0.717) is 4.60 Å². The molecule has 1 N–H and O–H groups in total. The lowest BCUT2D eigenvalue weighted by atomic mass is 10.4. The first-order chi connectivity index (χ1) is 6.50. The first-order valence-electron chi connectivity index (χ1n) is 3.72. The largest absolute Gasteiger partial charge is 0.479 e. The van der Waals surface area contributed by atoms with Gasteiger partial charge < -0.3 is 9.84 Å². The molecule has 6 heteroatoms. The van der Waals surface area contributed by atoms with E-state index >= 15 is 0 Å². The van der Waals surface area contributed by atoms with Crippen LogP contribution < -0.4 is 4.74 Å². The molecule has 0 aliphatic rings. The number of aliphatic carboxylic acids is 1. The first-order valence-corrected chi connectivity index (χ1v) is 4.89. The summed E-state index contributed by atoms with van der Waals surface area (Å²) in [4.78, 5) is 14.3. The zero-order valence-electron chi connectivity index (χ0n) is 7.20. The van der Waals surface area contributed by atoms with Crippen LogP contribution in [0.2, 0.25) is 5.15 Å². The third kappa shape index (κ3) is 2.85. The smallest absolute Gasteiger partial charge is 0.344 e. The van der Waals surface area contributed by atoms with Gasteiger partial charge in [0.05, 0.1) is 0 Å². The van der Waals surface area contributed by atoms with Gasteiger partial charge in [-0.2, -0.15) is 0 Å². The summed E-state index contributed by atoms with van der Waals surface area (Å²) in [6.45, 7) is 1.42. The van der Waals surface area contributed by atoms with Crippen molar-refractivity contribution in [1.29, 1.82) is 0 Å². The summed E-state index contributed by atoms with van der Waals surface area (Å²) in [7, 11) is 0. The van der Waals surface area contributed by atoms with Gasteiger partial charge >= 0.3 is 5.97 Å². The lowest BCUT2D eigenvalue weighted by Crippen LogP contribution is -2.23. The second kappa shape index (κ2) is 4.61. The number of carboxylic acids is 1. The van der Waals surface area contributed by atoms with Crippen LogP contribution in [0.4, 0.5) is 0 Å². The number of hydrogen-bond acceptors (Lipinski definition) is 3. The fourth-order valence-electron chi connectivity index (χ4n) is 0.728. The van der Waals surface area contributed by atoms with Crippen molar-refractivity contribution in [2.75, 3.05) is 0 Å². The van der Waals surface area contributed by atoms with Crippen molar-refractivity contribution >= 4 is 33.5 Å². The Balaban J connectivity index is 2.82. The van der Waals surface area contributed by atoms with Crippen LogP contribution in [0, 0.1) is 0 Å². The maximum Gasteiger partial charge on any atom is 0.344 e. The molecule has 0 radical (unpaired) electrons. The maximum absolute atomic E-state index is 10.5. The number of aromatic nitrogens is 1. The van der Waals surface area contributed by atoms with E-state index < -0.39 is 12.1 Å². The van der Waals surface area contributed by atoms with E-state index in [1.165, 1.54) is 6.92 Å². The molecule has 4 nitrogen and oxygen atoms in total. The lowest BCUT2D eigenvalue weighted by molar-refractivity contribution is -0.144. The number of ether oxygens (including phenoxy) is 1. The van der Waals surface area contributed by atoms with Gasteiger partial charge in [-0.1, -0.05) is 11.6 Å². The molecule has 1 aromatic rings. The van der Waals surface area contributed by atoms with Crippen LogP contribution in [0.3, 0.4) is 0 Å². The third-order valence-corrected chi connectivity index (χ3v) is 2.14. The third-order valence-electron chi connectivity index (χ3n) is 1.43. The number of nitrogens with zero attached hydrogens (tertiary/aromatic N) is 1. The fourth-order valence-corrected chi connectivity index (χ4v) is 1.34. The molecule has 1 unspecified atom stereocenters. The van der Waals surface area contributed by atoms with E-state index in [1.807, 2.05) is 0 Å². The normalized spacial score (nSPS) is 12.2. The molecule has 0 aliphatic carbocycles. The van der Waals surface area contributed by atoms with Gasteiger partial charge in [0.2, 0.25) is 0 Å². The highest BCUT2D eigenvalue weighted by Gasteiger charge is 2.14. The van der Waals surface area contributed by atoms with Gasteiger partial charge in [-0.3, -0.25) is 0 Å². The van der Waals surface area contributed by atoms with Crippen LogP contribution in [0.15, 0.2) is 16.7 Å². The van der Waals surface area contributed by atoms with Crippen LogP contribution in [0.5, 0.6) is 5.75 Å². The molecule has 0 bridgehead atoms. The Labute approximate surface area is 94.0 Å². The molecule has 0 fully saturated rings. The average Bonchev–Trinajstić information content (AvgIpc) is 2.09. The Bertz CT molecular complexity index is 358. The Hall–Kier alpha value is -0.810. The molecule has 1 atom stereocenters. The van der Waals surface area contributed by atoms with Gasteiger partial charge in [0.15, 0.2) is 17.0 Å². The molecule has 1 heterocycles. The lowest BCUT2D eigenvalue weighted by Gasteiger charge is -2.10. The van der Waals surface area contributed by atoms with Crippen molar-refractivity contribution in [3.8, 4) is 5.75 Å². The fraction of sp³-hybridized carbons (Fsp3) is 0.250. The van der Waals surface area contributed by atoms with E-state index in [4.69, 9.17) is 21.4 Å². The van der Waals surface area contributed by atoms with Gasteiger partial charge in [-0.05, 0) is 35.0 Å². The number of pyridine rings is 1. The van der Waals surface area contributed by atoms with Crippen LogP contribution in [0.1, 0.15) is 6.92 Å². The number of carbonyl (C=O) groups is 1. The van der Waals surface area contributed by atoms with Crippen molar-refractivity contribution < 1.29 is 14.6 Å². The molecule has 0 aromatic carbocycles. The van der Waals surface area contributed by atoms with Crippen molar-refractivity contribution in [3.05, 3.63) is 21.9 Å². The molecular weight excluding hydrogens is 273 g/mol. The molecule has 0 aliphatic heterocycles. The molecule has 1 aromatic heterocycles. The van der Waals surface area contributed by atoms with Crippen LogP contribution in [-0.4, -0.2) is 22.2 Å². The molecule has 0 amide bonds. The molecular formula is C8H7BrClNO3. The second-order valence-electron chi connectivity index (χ2n) is 2.52. The molecule has 76 valence electrons. The average molecular weight is 281 g/mol. The number of rotatable bonds is 3. The van der Waals surface area contributed by atoms with Crippen molar-refractivity contribution in [3.63, 3.8) is 0 Å². The maximum atomic E-state index is 10.5. The first kappa shape index (κ1) is 11.3. The Morgan fingerprint density at radius 2 is 2.36 bits per heavy atom. The van der Waals surface area contributed by atoms with Crippen molar-refractivity contribution in [1.82, 2.24) is 4.98 Å². The minimum absolute atomic E-state index is 0.132. The highest BCUT2D eigenvalue weighted by molar-refractivity contribution is 9.10. The van der Waals surface area contributed by atoms with Gasteiger partial charge in [0, 0.05) is 0 Å². The van der Waals surface area contributed by atoms with E-state index in [0.717, 1.165) is 0 Å². The van der Waals surface area contributed by atoms with Gasteiger partial charge in [-0.25, -0.2) is 9.78 Å². The SMILES string of the molecule is CC(Oc1ccc(Br)nc1Cl)C(=O)O. The summed E-state index contributed by atoms with van der Waals surface area (Å²) in [5.74, 6) is -0.797. The Morgan fingerprint density at radius 3 is 2.86 bits per heavy atom. The van der Waals surface area contributed by atoms with E-state index in [9.17, 15) is 4.79 Å². The van der Waals surface area contributed by atoms with Crippen molar-refractivity contribution in [2.45, 2.75) is 13.0 Å². The zero-order chi connectivity index (χ0) is 10.7. The predicted octanol–water partition coefficient (Wildman–Crippen LogP) is 2.35. The monoisotopic (exact) mass is 279 g/mol. The molecule has 1 rings (SSSR count). The quantitative estimate of drug-likeness (QED) is 0.864. The minimum atomic E-state index is -1.05. The standard InChI is InChI=1S/C8H7BrClNO3/c1-4(8(12)13)14-5-2-3-6(9)11-7(5)10/h2-4H,1H3,(H,12,13). The van der Waals surface area contributed by atoms with Gasteiger partial charge in [-0.15, -0.1) is 0 Å². The Kier molecular flexibility index (Phi) is 3.71. The Morgan fingerprint density at radius 1 is 1.71 bits per heavy atom. The molecule has 0 saturated carbocycles. The second-order valence-corrected chi connectivity index (χ2v) is 3.69. The summed E-state index contributed by atoms with van der Waals surface area (Å²) < 4.78 is 5.61. The number of halogens is 2. The van der Waals surface area contributed by atoms with Gasteiger partial charge in [0.25, 0.3) is 0 Å². The predicted molar refractivity (Wildman–Crippen MR) is 54.7 cm³/mol. The summed E-state index contributed by atoms with van der Waals surface area (Å²) in [6, 6.07) is 3.18. The summed E-state index contributed by atoms with van der Waals surface area (Å²) in [5, 5.41) is 8.72. The minimum Gasteiger partial charge on any atom is -0.479 e. The topological polar surface area (TPSA) is 59.4 Å². The van der Waals surface area contributed by atoms with Gasteiger partial charge in [0.1, 0.15) is 4.60 Å². The summed E-state index contributed by atoms with van der Waals surface area (Å²) in [6.07, 6.45) is -0.949. The highest BCUT2D eigenvalue weighted by Crippen LogP contribution is 2.24. The number of carboxylic acid groups (broad SMARTS) is 1.